The summed E-state index contributed by atoms with van der Waals surface area (Å²) in [5.74, 6) is -0.131. The first kappa shape index (κ1) is 14.3. The van der Waals surface area contributed by atoms with Crippen LogP contribution in [0.5, 0.6) is 0 Å². The molecule has 0 saturated heterocycles. The van der Waals surface area contributed by atoms with Gasteiger partial charge in [0.1, 0.15) is 0 Å². The summed E-state index contributed by atoms with van der Waals surface area (Å²) in [7, 11) is 0. The number of nitrogens with zero attached hydrogens (tertiary/aromatic N) is 1. The zero-order valence-electron chi connectivity index (χ0n) is 7.78. The standard InChI is InChI=1S/C7H7Cl2N3.HNO3/c8-5-2-1-4(3-6(5)9)12-7(10)11;2-1(3)4/h1-3H,(H4,10,11,12);(H,2,3,4). The Hall–Kier alpha value is -1.73. The van der Waals surface area contributed by atoms with Gasteiger partial charge >= 0.3 is 0 Å². The molecule has 0 radical (unpaired) electrons. The van der Waals surface area contributed by atoms with Crippen LogP contribution in [0, 0.1) is 15.5 Å². The first-order valence-corrected chi connectivity index (χ1v) is 4.48. The molecule has 1 rings (SSSR count). The van der Waals surface area contributed by atoms with Crippen LogP contribution < -0.4 is 11.1 Å². The van der Waals surface area contributed by atoms with Crippen molar-refractivity contribution in [2.45, 2.75) is 0 Å². The molecule has 0 atom stereocenters. The maximum Gasteiger partial charge on any atom is 0.291 e. The molecule has 0 aromatic heterocycles. The summed E-state index contributed by atoms with van der Waals surface area (Å²) >= 11 is 11.4. The van der Waals surface area contributed by atoms with Gasteiger partial charge in [-0.25, -0.2) is 0 Å². The van der Waals surface area contributed by atoms with Crippen molar-refractivity contribution in [1.29, 1.82) is 5.41 Å². The third-order valence-corrected chi connectivity index (χ3v) is 1.94. The van der Waals surface area contributed by atoms with Crippen LogP contribution in [-0.4, -0.2) is 16.3 Å². The molecule has 0 bridgehead atoms. The van der Waals surface area contributed by atoms with Gasteiger partial charge in [0.25, 0.3) is 5.09 Å². The van der Waals surface area contributed by atoms with E-state index in [1.54, 1.807) is 18.2 Å². The zero-order valence-corrected chi connectivity index (χ0v) is 9.29. The third kappa shape index (κ3) is 6.68. The number of anilines is 1. The number of rotatable bonds is 1. The molecule has 16 heavy (non-hydrogen) atoms. The highest BCUT2D eigenvalue weighted by atomic mass is 35.5. The maximum atomic E-state index is 8.36. The van der Waals surface area contributed by atoms with E-state index in [0.29, 0.717) is 15.7 Å². The Labute approximate surface area is 100 Å². The van der Waals surface area contributed by atoms with E-state index in [1.165, 1.54) is 0 Å². The summed E-state index contributed by atoms with van der Waals surface area (Å²) in [5, 5.41) is 24.1. The average Bonchev–Trinajstić information content (AvgIpc) is 2.09. The maximum absolute atomic E-state index is 8.36. The van der Waals surface area contributed by atoms with Gasteiger partial charge in [0, 0.05) is 5.69 Å². The highest BCUT2D eigenvalue weighted by molar-refractivity contribution is 6.42. The Morgan fingerprint density at radius 1 is 1.50 bits per heavy atom. The molecule has 0 amide bonds. The van der Waals surface area contributed by atoms with Crippen LogP contribution in [0.4, 0.5) is 5.69 Å². The molecule has 0 aliphatic carbocycles. The van der Waals surface area contributed by atoms with Crippen LogP contribution in [0.3, 0.4) is 0 Å². The van der Waals surface area contributed by atoms with Crippen molar-refractivity contribution in [1.82, 2.24) is 0 Å². The first-order valence-electron chi connectivity index (χ1n) is 3.72. The number of hydrogen-bond acceptors (Lipinski definition) is 3. The second-order valence-corrected chi connectivity index (χ2v) is 3.22. The number of halogens is 2. The fourth-order valence-corrected chi connectivity index (χ4v) is 1.03. The smallest absolute Gasteiger partial charge is 0.291 e. The number of nitrogens with two attached hydrogens (primary N) is 1. The summed E-state index contributed by atoms with van der Waals surface area (Å²) in [4.78, 5) is 8.36. The van der Waals surface area contributed by atoms with E-state index in [4.69, 9.17) is 49.7 Å². The molecule has 0 unspecified atom stereocenters. The van der Waals surface area contributed by atoms with Crippen molar-refractivity contribution in [3.8, 4) is 0 Å². The molecular formula is C7H8Cl2N4O3. The van der Waals surface area contributed by atoms with E-state index in [0.717, 1.165) is 0 Å². The Bertz CT molecular complexity index is 395. The minimum absolute atomic E-state index is 0.131. The van der Waals surface area contributed by atoms with Crippen molar-refractivity contribution < 1.29 is 10.3 Å². The minimum atomic E-state index is -1.50. The zero-order chi connectivity index (χ0) is 12.7. The predicted molar refractivity (Wildman–Crippen MR) is 60.8 cm³/mol. The fraction of sp³-hybridized carbons (Fsp3) is 0. The van der Waals surface area contributed by atoms with Crippen LogP contribution in [-0.2, 0) is 0 Å². The molecule has 7 nitrogen and oxygen atoms in total. The highest BCUT2D eigenvalue weighted by Gasteiger charge is 1.98. The van der Waals surface area contributed by atoms with E-state index in [-0.39, 0.29) is 5.96 Å². The molecule has 5 N–H and O–H groups in total. The lowest BCUT2D eigenvalue weighted by Crippen LogP contribution is -2.20. The Morgan fingerprint density at radius 2 is 2.00 bits per heavy atom. The molecule has 0 saturated carbocycles. The minimum Gasteiger partial charge on any atom is -0.370 e. The van der Waals surface area contributed by atoms with Gasteiger partial charge in [-0.05, 0) is 18.2 Å². The SMILES string of the molecule is N=C(N)Nc1ccc(Cl)c(Cl)c1.O=[N+]([O-])O. The molecule has 1 aromatic carbocycles. The van der Waals surface area contributed by atoms with Gasteiger partial charge in [-0.15, -0.1) is 10.1 Å². The number of hydrogen-bond donors (Lipinski definition) is 4. The van der Waals surface area contributed by atoms with Crippen molar-refractivity contribution in [3.05, 3.63) is 38.4 Å². The molecule has 0 fully saturated rings. The number of nitrogens with one attached hydrogen (secondary N) is 2. The van der Waals surface area contributed by atoms with Gasteiger partial charge in [0.2, 0.25) is 0 Å². The first-order chi connectivity index (χ1) is 7.32. The Kier molecular flexibility index (Phi) is 5.97. The molecule has 0 spiro atoms. The average molecular weight is 267 g/mol. The Balaban J connectivity index is 0.000000487. The lowest BCUT2D eigenvalue weighted by Gasteiger charge is -2.03. The normalized spacial score (nSPS) is 8.62. The lowest BCUT2D eigenvalue weighted by molar-refractivity contribution is -0.742. The lowest BCUT2D eigenvalue weighted by atomic mass is 10.3. The molecular weight excluding hydrogens is 259 g/mol. The van der Waals surface area contributed by atoms with Gasteiger partial charge in [0.05, 0.1) is 10.0 Å². The third-order valence-electron chi connectivity index (χ3n) is 1.20. The molecule has 0 aliphatic rings. The summed E-state index contributed by atoms with van der Waals surface area (Å²) in [5.41, 5.74) is 5.76. The van der Waals surface area contributed by atoms with Crippen molar-refractivity contribution in [2.24, 2.45) is 5.73 Å². The molecule has 1 aromatic rings. The van der Waals surface area contributed by atoms with E-state index in [9.17, 15) is 0 Å². The summed E-state index contributed by atoms with van der Waals surface area (Å²) in [6.07, 6.45) is 0. The number of benzene rings is 1. The predicted octanol–water partition coefficient (Wildman–Crippen LogP) is 1.95. The Morgan fingerprint density at radius 3 is 2.38 bits per heavy atom. The van der Waals surface area contributed by atoms with Gasteiger partial charge < -0.3 is 16.3 Å². The molecule has 88 valence electrons. The van der Waals surface area contributed by atoms with Crippen LogP contribution >= 0.6 is 23.2 Å². The van der Waals surface area contributed by atoms with E-state index >= 15 is 0 Å². The van der Waals surface area contributed by atoms with Gasteiger partial charge in [0.15, 0.2) is 5.96 Å². The van der Waals surface area contributed by atoms with Gasteiger partial charge in [-0.3, -0.25) is 5.41 Å². The van der Waals surface area contributed by atoms with Crippen LogP contribution in [0.2, 0.25) is 10.0 Å². The summed E-state index contributed by atoms with van der Waals surface area (Å²) in [6.45, 7) is 0. The fourth-order valence-electron chi connectivity index (χ4n) is 0.729. The monoisotopic (exact) mass is 266 g/mol. The van der Waals surface area contributed by atoms with Crippen molar-refractivity contribution in [2.75, 3.05) is 5.32 Å². The summed E-state index contributed by atoms with van der Waals surface area (Å²) < 4.78 is 0. The molecule has 0 heterocycles. The topological polar surface area (TPSA) is 125 Å². The van der Waals surface area contributed by atoms with Gasteiger partial charge in [-0.1, -0.05) is 23.2 Å². The van der Waals surface area contributed by atoms with Crippen molar-refractivity contribution in [3.63, 3.8) is 0 Å². The summed E-state index contributed by atoms with van der Waals surface area (Å²) in [6, 6.07) is 4.93. The second-order valence-electron chi connectivity index (χ2n) is 2.41. The number of guanidine groups is 1. The largest absolute Gasteiger partial charge is 0.370 e. The van der Waals surface area contributed by atoms with Crippen LogP contribution in [0.1, 0.15) is 0 Å². The van der Waals surface area contributed by atoms with E-state index < -0.39 is 5.09 Å². The van der Waals surface area contributed by atoms with Crippen LogP contribution in [0.25, 0.3) is 0 Å². The molecule has 0 aliphatic heterocycles. The van der Waals surface area contributed by atoms with E-state index in [2.05, 4.69) is 5.32 Å². The van der Waals surface area contributed by atoms with E-state index in [1.807, 2.05) is 0 Å². The highest BCUT2D eigenvalue weighted by Crippen LogP contribution is 2.24. The van der Waals surface area contributed by atoms with Crippen molar-refractivity contribution >= 4 is 34.8 Å². The second kappa shape index (κ2) is 6.70. The van der Waals surface area contributed by atoms with Crippen LogP contribution in [0.15, 0.2) is 18.2 Å². The molecule has 9 heteroatoms. The van der Waals surface area contributed by atoms with Gasteiger partial charge in [-0.2, -0.15) is 0 Å². The quantitative estimate of drug-likeness (QED) is 0.268.